The highest BCUT2D eigenvalue weighted by Gasteiger charge is 2.26. The van der Waals surface area contributed by atoms with Gasteiger partial charge in [-0.2, -0.15) is 0 Å². The Morgan fingerprint density at radius 3 is 2.45 bits per heavy atom. The Bertz CT molecular complexity index is 822. The molecule has 0 aromatic carbocycles. The molecule has 0 atom stereocenters. The fraction of sp³-hybridized carbons (Fsp3) is 0.429. The van der Waals surface area contributed by atoms with Crippen LogP contribution in [0.25, 0.3) is 0 Å². The lowest BCUT2D eigenvalue weighted by Crippen LogP contribution is -2.50. The third-order valence-corrected chi connectivity index (χ3v) is 4.98. The molecule has 0 bridgehead atoms. The van der Waals surface area contributed by atoms with E-state index in [1.54, 1.807) is 35.3 Å². The number of nitrogens with zero attached hydrogens (tertiary/aromatic N) is 5. The monoisotopic (exact) mass is 397 g/mol. The highest BCUT2D eigenvalue weighted by atomic mass is 16.6. The molecule has 1 aliphatic heterocycles. The minimum atomic E-state index is -0.324. The number of likely N-dealkylation sites (N-methyl/N-ethyl adjacent to an activating group) is 1. The molecule has 154 valence electrons. The average Bonchev–Trinajstić information content (AvgIpc) is 2.78. The number of aromatic nitrogens is 2. The quantitative estimate of drug-likeness (QED) is 0.743. The lowest BCUT2D eigenvalue weighted by molar-refractivity contribution is 0.0566. The first-order valence-corrected chi connectivity index (χ1v) is 9.85. The number of rotatable bonds is 6. The van der Waals surface area contributed by atoms with E-state index in [2.05, 4.69) is 14.9 Å². The Hall–Kier alpha value is -3.16. The highest BCUT2D eigenvalue weighted by Crippen LogP contribution is 2.16. The van der Waals surface area contributed by atoms with Gasteiger partial charge in [-0.3, -0.25) is 14.8 Å². The van der Waals surface area contributed by atoms with Crippen LogP contribution in [0.1, 0.15) is 23.0 Å². The maximum Gasteiger partial charge on any atom is 0.409 e. The van der Waals surface area contributed by atoms with Crippen molar-refractivity contribution >= 4 is 17.7 Å². The van der Waals surface area contributed by atoms with Gasteiger partial charge in [0.1, 0.15) is 5.69 Å². The van der Waals surface area contributed by atoms with Crippen molar-refractivity contribution in [2.45, 2.75) is 13.3 Å². The van der Waals surface area contributed by atoms with Crippen molar-refractivity contribution in [2.24, 2.45) is 0 Å². The van der Waals surface area contributed by atoms with Gasteiger partial charge in [-0.25, -0.2) is 4.79 Å². The molecular formula is C21H27N5O3. The predicted octanol–water partition coefficient (Wildman–Crippen LogP) is 2.07. The van der Waals surface area contributed by atoms with Gasteiger partial charge in [0.2, 0.25) is 0 Å². The van der Waals surface area contributed by atoms with E-state index in [0.29, 0.717) is 38.5 Å². The summed E-state index contributed by atoms with van der Waals surface area (Å²) in [6.45, 7) is 4.84. The van der Waals surface area contributed by atoms with Gasteiger partial charge in [0, 0.05) is 64.0 Å². The van der Waals surface area contributed by atoms with Crippen molar-refractivity contribution in [1.29, 1.82) is 0 Å². The molecule has 2 aromatic heterocycles. The van der Waals surface area contributed by atoms with E-state index in [1.165, 1.54) is 5.56 Å². The second-order valence-corrected chi connectivity index (χ2v) is 6.90. The van der Waals surface area contributed by atoms with Crippen LogP contribution in [0.4, 0.5) is 10.5 Å². The fourth-order valence-electron chi connectivity index (χ4n) is 3.22. The Labute approximate surface area is 171 Å². The molecule has 0 radical (unpaired) electrons. The Morgan fingerprint density at radius 1 is 1.07 bits per heavy atom. The molecule has 1 fully saturated rings. The molecule has 0 saturated carbocycles. The number of carbonyl (C=O) groups is 2. The van der Waals surface area contributed by atoms with Gasteiger partial charge in [0.25, 0.3) is 5.91 Å². The van der Waals surface area contributed by atoms with Crippen LogP contribution in [-0.2, 0) is 11.2 Å². The van der Waals surface area contributed by atoms with Crippen molar-refractivity contribution < 1.29 is 14.3 Å². The molecule has 1 saturated heterocycles. The highest BCUT2D eigenvalue weighted by molar-refractivity contribution is 5.93. The summed E-state index contributed by atoms with van der Waals surface area (Å²) in [6, 6.07) is 7.74. The third-order valence-electron chi connectivity index (χ3n) is 4.98. The third kappa shape index (κ3) is 5.43. The number of anilines is 1. The predicted molar refractivity (Wildman–Crippen MR) is 110 cm³/mol. The number of amides is 2. The van der Waals surface area contributed by atoms with Crippen molar-refractivity contribution in [3.8, 4) is 0 Å². The van der Waals surface area contributed by atoms with Crippen LogP contribution in [-0.4, -0.2) is 78.1 Å². The fourth-order valence-corrected chi connectivity index (χ4v) is 3.22. The van der Waals surface area contributed by atoms with E-state index in [-0.39, 0.29) is 12.0 Å². The zero-order chi connectivity index (χ0) is 20.6. The maximum absolute atomic E-state index is 12.9. The topological polar surface area (TPSA) is 78.9 Å². The molecule has 0 spiro atoms. The summed E-state index contributed by atoms with van der Waals surface area (Å²) >= 11 is 0. The van der Waals surface area contributed by atoms with Gasteiger partial charge >= 0.3 is 6.09 Å². The lowest BCUT2D eigenvalue weighted by Gasteiger charge is -2.34. The van der Waals surface area contributed by atoms with Crippen molar-refractivity contribution in [3.63, 3.8) is 0 Å². The molecule has 1 aliphatic rings. The summed E-state index contributed by atoms with van der Waals surface area (Å²) in [4.78, 5) is 38.4. The number of piperazine rings is 1. The molecule has 0 aliphatic carbocycles. The number of pyridine rings is 2. The van der Waals surface area contributed by atoms with E-state index in [4.69, 9.17) is 4.74 Å². The smallest absolute Gasteiger partial charge is 0.409 e. The summed E-state index contributed by atoms with van der Waals surface area (Å²) in [5.41, 5.74) is 2.59. The second kappa shape index (κ2) is 9.86. The normalized spacial score (nSPS) is 13.9. The van der Waals surface area contributed by atoms with Crippen molar-refractivity contribution in [2.75, 3.05) is 51.3 Å². The van der Waals surface area contributed by atoms with Crippen LogP contribution in [0, 0.1) is 0 Å². The first-order chi connectivity index (χ1) is 14.1. The maximum atomic E-state index is 12.9. The molecule has 0 unspecified atom stereocenters. The zero-order valence-corrected chi connectivity index (χ0v) is 17.0. The van der Waals surface area contributed by atoms with Crippen LogP contribution in [0.3, 0.4) is 0 Å². The Morgan fingerprint density at radius 2 is 1.76 bits per heavy atom. The zero-order valence-electron chi connectivity index (χ0n) is 17.0. The van der Waals surface area contributed by atoms with Gasteiger partial charge in [0.05, 0.1) is 6.61 Å². The minimum Gasteiger partial charge on any atom is -0.450 e. The molecule has 8 nitrogen and oxygen atoms in total. The lowest BCUT2D eigenvalue weighted by atomic mass is 10.2. The van der Waals surface area contributed by atoms with Crippen LogP contribution >= 0.6 is 0 Å². The standard InChI is InChI=1S/C21H27N5O3/c1-3-29-21(28)26-14-12-25(13-15-26)20(27)19-16-18(6-10-23-19)24(2)11-7-17-4-8-22-9-5-17/h4-6,8-10,16H,3,7,11-15H2,1-2H3. The first kappa shape index (κ1) is 20.6. The van der Waals surface area contributed by atoms with Crippen LogP contribution in [0.5, 0.6) is 0 Å². The summed E-state index contributed by atoms with van der Waals surface area (Å²) in [6.07, 6.45) is 5.82. The number of hydrogen-bond donors (Lipinski definition) is 0. The van der Waals surface area contributed by atoms with Gasteiger partial charge in [0.15, 0.2) is 0 Å². The molecule has 2 aromatic rings. The van der Waals surface area contributed by atoms with E-state index in [1.807, 2.05) is 31.3 Å². The van der Waals surface area contributed by atoms with E-state index in [0.717, 1.165) is 18.7 Å². The van der Waals surface area contributed by atoms with Crippen LogP contribution in [0.15, 0.2) is 42.9 Å². The van der Waals surface area contributed by atoms with Gasteiger partial charge < -0.3 is 19.4 Å². The number of hydrogen-bond acceptors (Lipinski definition) is 6. The van der Waals surface area contributed by atoms with Gasteiger partial charge in [-0.05, 0) is 43.2 Å². The summed E-state index contributed by atoms with van der Waals surface area (Å²) < 4.78 is 5.02. The summed E-state index contributed by atoms with van der Waals surface area (Å²) in [5.74, 6) is -0.113. The number of carbonyl (C=O) groups excluding carboxylic acids is 2. The second-order valence-electron chi connectivity index (χ2n) is 6.90. The molecule has 2 amide bonds. The van der Waals surface area contributed by atoms with Crippen molar-refractivity contribution in [3.05, 3.63) is 54.1 Å². The Kier molecular flexibility index (Phi) is 6.99. The summed E-state index contributed by atoms with van der Waals surface area (Å²) in [7, 11) is 2.00. The molecule has 0 N–H and O–H groups in total. The molecule has 29 heavy (non-hydrogen) atoms. The van der Waals surface area contributed by atoms with Gasteiger partial charge in [-0.15, -0.1) is 0 Å². The van der Waals surface area contributed by atoms with Crippen LogP contribution in [0.2, 0.25) is 0 Å². The molecular weight excluding hydrogens is 370 g/mol. The Balaban J connectivity index is 1.57. The molecule has 3 heterocycles. The minimum absolute atomic E-state index is 0.113. The van der Waals surface area contributed by atoms with Crippen molar-refractivity contribution in [1.82, 2.24) is 19.8 Å². The SMILES string of the molecule is CCOC(=O)N1CCN(C(=O)c2cc(N(C)CCc3ccncc3)ccn2)CC1. The van der Waals surface area contributed by atoms with Crippen LogP contribution < -0.4 is 4.90 Å². The molecule has 8 heteroatoms. The largest absolute Gasteiger partial charge is 0.450 e. The summed E-state index contributed by atoms with van der Waals surface area (Å²) in [5, 5.41) is 0. The van der Waals surface area contributed by atoms with Gasteiger partial charge in [-0.1, -0.05) is 0 Å². The average molecular weight is 397 g/mol. The van der Waals surface area contributed by atoms with E-state index >= 15 is 0 Å². The number of ether oxygens (including phenoxy) is 1. The first-order valence-electron chi connectivity index (χ1n) is 9.85. The van der Waals surface area contributed by atoms with E-state index < -0.39 is 0 Å². The van der Waals surface area contributed by atoms with E-state index in [9.17, 15) is 9.59 Å². The molecule has 3 rings (SSSR count).